The Bertz CT molecular complexity index is 519. The van der Waals surface area contributed by atoms with Crippen molar-refractivity contribution < 1.29 is 0 Å². The number of rotatable bonds is 3. The van der Waals surface area contributed by atoms with Gasteiger partial charge in [-0.25, -0.2) is 4.98 Å². The molecule has 2 rings (SSSR count). The highest BCUT2D eigenvalue weighted by molar-refractivity contribution is 6.36. The first-order valence-corrected chi connectivity index (χ1v) is 6.00. The van der Waals surface area contributed by atoms with Crippen molar-refractivity contribution in [3.05, 3.63) is 28.0 Å². The van der Waals surface area contributed by atoms with Crippen LogP contribution >= 0.6 is 23.2 Å². The minimum Gasteiger partial charge on any atom is -0.383 e. The highest BCUT2D eigenvalue weighted by atomic mass is 35.5. The number of unbranched alkanes of at least 4 members (excludes halogenated alkanes) is 1. The predicted molar refractivity (Wildman–Crippen MR) is 68.2 cm³/mol. The Morgan fingerprint density at radius 3 is 2.88 bits per heavy atom. The molecule has 0 aliphatic heterocycles. The van der Waals surface area contributed by atoms with Crippen molar-refractivity contribution in [3.8, 4) is 0 Å². The number of nitrogens with zero attached hydrogens (tertiary/aromatic N) is 2. The van der Waals surface area contributed by atoms with Crippen LogP contribution < -0.4 is 5.73 Å². The van der Waals surface area contributed by atoms with E-state index in [4.69, 9.17) is 28.9 Å². The molecule has 0 saturated heterocycles. The number of imidazole rings is 1. The van der Waals surface area contributed by atoms with E-state index in [1.807, 2.05) is 0 Å². The summed E-state index contributed by atoms with van der Waals surface area (Å²) in [6.45, 7) is 2.13. The fourth-order valence-electron chi connectivity index (χ4n) is 1.67. The number of aromatic nitrogens is 2. The van der Waals surface area contributed by atoms with E-state index < -0.39 is 0 Å². The van der Waals surface area contributed by atoms with Crippen LogP contribution in [0.2, 0.25) is 10.0 Å². The molecular weight excluding hydrogens is 245 g/mol. The third-order valence-corrected chi connectivity index (χ3v) is 3.01. The lowest BCUT2D eigenvalue weighted by molar-refractivity contribution is 0.783. The molecule has 0 spiro atoms. The normalized spacial score (nSPS) is 11.2. The second-order valence-corrected chi connectivity index (χ2v) is 4.59. The molecule has 2 N–H and O–H groups in total. The van der Waals surface area contributed by atoms with Gasteiger partial charge in [0.05, 0.1) is 15.7 Å². The van der Waals surface area contributed by atoms with Gasteiger partial charge < -0.3 is 5.73 Å². The molecule has 0 aliphatic carbocycles. The van der Waals surface area contributed by atoms with Crippen LogP contribution in [0.15, 0.2) is 12.3 Å². The Labute approximate surface area is 104 Å². The Balaban J connectivity index is 2.54. The lowest BCUT2D eigenvalue weighted by Gasteiger charge is -1.99. The van der Waals surface area contributed by atoms with E-state index in [1.54, 1.807) is 16.7 Å². The summed E-state index contributed by atoms with van der Waals surface area (Å²) >= 11 is 12.0. The Kier molecular flexibility index (Phi) is 3.26. The maximum Gasteiger partial charge on any atom is 0.157 e. The quantitative estimate of drug-likeness (QED) is 0.914. The number of aryl methyl sites for hydroxylation is 1. The second kappa shape index (κ2) is 4.52. The Morgan fingerprint density at radius 1 is 1.44 bits per heavy atom. The number of fused-ring (bicyclic) bond motifs is 1. The summed E-state index contributed by atoms with van der Waals surface area (Å²) < 4.78 is 1.75. The summed E-state index contributed by atoms with van der Waals surface area (Å²) in [7, 11) is 0. The monoisotopic (exact) mass is 257 g/mol. The average Bonchev–Trinajstić information content (AvgIpc) is 2.54. The molecule has 0 bridgehead atoms. The maximum atomic E-state index is 6.06. The first-order valence-electron chi connectivity index (χ1n) is 5.25. The molecule has 0 radical (unpaired) electrons. The van der Waals surface area contributed by atoms with Gasteiger partial charge in [0, 0.05) is 6.20 Å². The second-order valence-electron chi connectivity index (χ2n) is 3.75. The molecule has 0 aliphatic rings. The third-order valence-electron chi connectivity index (χ3n) is 2.52. The molecule has 16 heavy (non-hydrogen) atoms. The van der Waals surface area contributed by atoms with Crippen molar-refractivity contribution in [2.45, 2.75) is 26.2 Å². The largest absolute Gasteiger partial charge is 0.383 e. The predicted octanol–water partition coefficient (Wildman–Crippen LogP) is 3.57. The van der Waals surface area contributed by atoms with Crippen molar-refractivity contribution in [3.63, 3.8) is 0 Å². The van der Waals surface area contributed by atoms with E-state index >= 15 is 0 Å². The molecule has 0 aromatic carbocycles. The number of anilines is 1. The van der Waals surface area contributed by atoms with Crippen LogP contribution in [0.25, 0.3) is 5.65 Å². The molecule has 0 amide bonds. The molecular formula is C11H13Cl2N3. The fraction of sp³-hybridized carbons (Fsp3) is 0.364. The minimum atomic E-state index is 0.530. The van der Waals surface area contributed by atoms with Crippen LogP contribution in [0.1, 0.15) is 25.5 Å². The molecule has 0 unspecified atom stereocenters. The van der Waals surface area contributed by atoms with E-state index in [9.17, 15) is 0 Å². The number of halogens is 2. The molecule has 0 saturated carbocycles. The first kappa shape index (κ1) is 11.6. The van der Waals surface area contributed by atoms with Crippen molar-refractivity contribution in [2.24, 2.45) is 0 Å². The standard InChI is InChI=1S/C11H13Cl2N3/c1-2-3-4-9-10(14)16-6-7(12)5-8(13)11(16)15-9/h5-6H,2-4,14H2,1H3. The van der Waals surface area contributed by atoms with Gasteiger partial charge in [-0.15, -0.1) is 0 Å². The van der Waals surface area contributed by atoms with Crippen molar-refractivity contribution in [2.75, 3.05) is 5.73 Å². The van der Waals surface area contributed by atoms with Crippen LogP contribution in [-0.2, 0) is 6.42 Å². The number of hydrogen-bond acceptors (Lipinski definition) is 2. The van der Waals surface area contributed by atoms with E-state index in [0.29, 0.717) is 21.5 Å². The van der Waals surface area contributed by atoms with Crippen LogP contribution in [0.4, 0.5) is 5.82 Å². The van der Waals surface area contributed by atoms with Crippen molar-refractivity contribution in [1.82, 2.24) is 9.38 Å². The molecule has 2 heterocycles. The van der Waals surface area contributed by atoms with Crippen LogP contribution in [0.3, 0.4) is 0 Å². The smallest absolute Gasteiger partial charge is 0.157 e. The first-order chi connectivity index (χ1) is 7.63. The molecule has 5 heteroatoms. The summed E-state index contributed by atoms with van der Waals surface area (Å²) in [5.41, 5.74) is 7.57. The van der Waals surface area contributed by atoms with Crippen molar-refractivity contribution in [1.29, 1.82) is 0 Å². The number of pyridine rings is 1. The molecule has 3 nitrogen and oxygen atoms in total. The Hall–Kier alpha value is -0.930. The maximum absolute atomic E-state index is 6.06. The highest BCUT2D eigenvalue weighted by Gasteiger charge is 2.11. The molecule has 0 atom stereocenters. The van der Waals surface area contributed by atoms with Gasteiger partial charge in [-0.1, -0.05) is 36.5 Å². The molecule has 86 valence electrons. The molecule has 0 fully saturated rings. The van der Waals surface area contributed by atoms with E-state index in [-0.39, 0.29) is 0 Å². The average molecular weight is 258 g/mol. The molecule has 2 aromatic heterocycles. The van der Waals surface area contributed by atoms with Gasteiger partial charge in [0.25, 0.3) is 0 Å². The van der Waals surface area contributed by atoms with Gasteiger partial charge in [-0.05, 0) is 18.9 Å². The third kappa shape index (κ3) is 1.97. The summed E-state index contributed by atoms with van der Waals surface area (Å²) in [5.74, 6) is 0.632. The summed E-state index contributed by atoms with van der Waals surface area (Å²) in [5, 5.41) is 1.09. The lowest BCUT2D eigenvalue weighted by atomic mass is 10.2. The van der Waals surface area contributed by atoms with Gasteiger partial charge in [-0.3, -0.25) is 4.40 Å². The summed E-state index contributed by atoms with van der Waals surface area (Å²) in [6.07, 6.45) is 4.79. The van der Waals surface area contributed by atoms with Gasteiger partial charge in [-0.2, -0.15) is 0 Å². The lowest BCUT2D eigenvalue weighted by Crippen LogP contribution is -1.96. The van der Waals surface area contributed by atoms with Gasteiger partial charge >= 0.3 is 0 Å². The number of nitrogen functional groups attached to an aromatic ring is 1. The van der Waals surface area contributed by atoms with Gasteiger partial charge in [0.2, 0.25) is 0 Å². The Morgan fingerprint density at radius 2 is 2.19 bits per heavy atom. The zero-order valence-electron chi connectivity index (χ0n) is 9.00. The van der Waals surface area contributed by atoms with E-state index in [2.05, 4.69) is 11.9 Å². The summed E-state index contributed by atoms with van der Waals surface area (Å²) in [4.78, 5) is 4.44. The van der Waals surface area contributed by atoms with Gasteiger partial charge in [0.15, 0.2) is 5.65 Å². The van der Waals surface area contributed by atoms with Crippen LogP contribution in [-0.4, -0.2) is 9.38 Å². The van der Waals surface area contributed by atoms with Crippen LogP contribution in [0.5, 0.6) is 0 Å². The number of nitrogens with two attached hydrogens (primary N) is 1. The van der Waals surface area contributed by atoms with Crippen molar-refractivity contribution >= 4 is 34.7 Å². The number of hydrogen-bond donors (Lipinski definition) is 1. The van der Waals surface area contributed by atoms with Gasteiger partial charge in [0.1, 0.15) is 5.82 Å². The summed E-state index contributed by atoms with van der Waals surface area (Å²) in [6, 6.07) is 1.68. The highest BCUT2D eigenvalue weighted by Crippen LogP contribution is 2.26. The molecule has 2 aromatic rings. The van der Waals surface area contributed by atoms with E-state index in [1.165, 1.54) is 0 Å². The van der Waals surface area contributed by atoms with Crippen LogP contribution in [0, 0.1) is 0 Å². The fourth-order valence-corrected chi connectivity index (χ4v) is 2.18. The topological polar surface area (TPSA) is 43.3 Å². The zero-order valence-corrected chi connectivity index (χ0v) is 10.5. The van der Waals surface area contributed by atoms with E-state index in [0.717, 1.165) is 25.0 Å². The SMILES string of the molecule is CCCCc1nc2c(Cl)cc(Cl)cn2c1N. The minimum absolute atomic E-state index is 0.530. The zero-order chi connectivity index (χ0) is 11.7.